The molecule has 0 N–H and O–H groups in total. The highest BCUT2D eigenvalue weighted by molar-refractivity contribution is 7.88. The summed E-state index contributed by atoms with van der Waals surface area (Å²) in [6, 6.07) is 8.35. The normalized spacial score (nSPS) is 20.8. The number of hydrogen-bond donors (Lipinski definition) is 0. The predicted octanol–water partition coefficient (Wildman–Crippen LogP) is 4.32. The molecule has 0 saturated carbocycles. The maximum absolute atomic E-state index is 15.4. The van der Waals surface area contributed by atoms with E-state index >= 15 is 4.39 Å². The zero-order valence-electron chi connectivity index (χ0n) is 20.3. The van der Waals surface area contributed by atoms with Gasteiger partial charge in [-0.15, -0.1) is 0 Å². The topological polar surface area (TPSA) is 85.1 Å². The largest absolute Gasteiger partial charge is 0.495 e. The van der Waals surface area contributed by atoms with Gasteiger partial charge in [0.1, 0.15) is 23.6 Å². The second kappa shape index (κ2) is 10.2. The van der Waals surface area contributed by atoms with E-state index in [9.17, 15) is 21.6 Å². The first-order valence-electron chi connectivity index (χ1n) is 11.9. The van der Waals surface area contributed by atoms with Crippen LogP contribution in [0.5, 0.6) is 5.75 Å². The lowest BCUT2D eigenvalue weighted by Crippen LogP contribution is -2.60. The van der Waals surface area contributed by atoms with Crippen molar-refractivity contribution in [3.05, 3.63) is 65.8 Å². The van der Waals surface area contributed by atoms with Gasteiger partial charge in [-0.1, -0.05) is 17.3 Å². The Morgan fingerprint density at radius 3 is 2.68 bits per heavy atom. The van der Waals surface area contributed by atoms with E-state index in [0.29, 0.717) is 30.1 Å². The van der Waals surface area contributed by atoms with Gasteiger partial charge in [0, 0.05) is 37.3 Å². The van der Waals surface area contributed by atoms with Gasteiger partial charge >= 0.3 is 6.18 Å². The lowest BCUT2D eigenvalue weighted by Gasteiger charge is -2.47. The summed E-state index contributed by atoms with van der Waals surface area (Å²) in [5, 5.41) is 3.68. The number of morpholine rings is 1. The van der Waals surface area contributed by atoms with Crippen LogP contribution in [0.2, 0.25) is 0 Å². The number of fused-ring (bicyclic) bond motifs is 1. The summed E-state index contributed by atoms with van der Waals surface area (Å²) < 4.78 is 98.3. The molecule has 204 valence electrons. The molecule has 0 spiro atoms. The molecular weight excluding hydrogens is 530 g/mol. The minimum Gasteiger partial charge on any atom is -0.495 e. The van der Waals surface area contributed by atoms with Crippen molar-refractivity contribution in [1.82, 2.24) is 9.46 Å². The molecule has 3 heterocycles. The van der Waals surface area contributed by atoms with Crippen LogP contribution in [0.3, 0.4) is 0 Å². The van der Waals surface area contributed by atoms with Crippen molar-refractivity contribution in [3.8, 4) is 16.9 Å². The standard InChI is InChI=1S/C25H25F4N3O5S/c1-35-23-12-19(16-3-2-4-17(11-16)25(27,28)29)20(26)13-22(23)32-8-10-36-24-14-31(7-5-21(24)32)38(33,34)15-18-6-9-37-30-18/h2-4,6,9,11-13,21,24H,5,7-8,10,14-15H2,1H3/t21-,24-/m1/s1. The molecule has 2 atom stereocenters. The SMILES string of the molecule is COc1cc(-c2cccc(C(F)(F)F)c2)c(F)cc1N1CCO[C@@H]2CN(S(=O)(=O)Cc3ccon3)CC[C@H]21. The number of ether oxygens (including phenoxy) is 2. The number of rotatable bonds is 6. The molecule has 2 saturated heterocycles. The van der Waals surface area contributed by atoms with E-state index in [2.05, 4.69) is 5.16 Å². The average Bonchev–Trinajstić information content (AvgIpc) is 3.40. The van der Waals surface area contributed by atoms with Crippen molar-refractivity contribution in [2.45, 2.75) is 30.5 Å². The summed E-state index contributed by atoms with van der Waals surface area (Å²) in [6.07, 6.45) is -3.30. The number of hydrogen-bond acceptors (Lipinski definition) is 7. The fourth-order valence-corrected chi connectivity index (χ4v) is 6.48. The summed E-state index contributed by atoms with van der Waals surface area (Å²) in [7, 11) is -2.25. The van der Waals surface area contributed by atoms with E-state index in [4.69, 9.17) is 14.0 Å². The first-order valence-corrected chi connectivity index (χ1v) is 13.5. The molecule has 0 radical (unpaired) electrons. The number of piperidine rings is 1. The first-order chi connectivity index (χ1) is 18.1. The van der Waals surface area contributed by atoms with Crippen molar-refractivity contribution >= 4 is 15.7 Å². The molecule has 8 nitrogen and oxygen atoms in total. The van der Waals surface area contributed by atoms with Crippen LogP contribution in [-0.4, -0.2) is 63.4 Å². The van der Waals surface area contributed by atoms with Crippen molar-refractivity contribution in [2.75, 3.05) is 38.3 Å². The Balaban J connectivity index is 1.40. The third-order valence-corrected chi connectivity index (χ3v) is 8.62. The smallest absolute Gasteiger partial charge is 0.416 e. The lowest BCUT2D eigenvalue weighted by molar-refractivity contribution is -0.137. The number of methoxy groups -OCH3 is 1. The van der Waals surface area contributed by atoms with Gasteiger partial charge in [-0.3, -0.25) is 0 Å². The van der Waals surface area contributed by atoms with Crippen LogP contribution in [-0.2, 0) is 26.7 Å². The first kappa shape index (κ1) is 26.4. The van der Waals surface area contributed by atoms with Gasteiger partial charge in [0.2, 0.25) is 10.0 Å². The van der Waals surface area contributed by atoms with Gasteiger partial charge in [0.25, 0.3) is 0 Å². The second-order valence-corrected chi connectivity index (χ2v) is 11.1. The van der Waals surface area contributed by atoms with Crippen molar-refractivity contribution < 1.29 is 40.0 Å². The van der Waals surface area contributed by atoms with Gasteiger partial charge in [0.05, 0.1) is 42.8 Å². The molecule has 0 amide bonds. The number of sulfonamides is 1. The Labute approximate surface area is 216 Å². The fourth-order valence-electron chi connectivity index (χ4n) is 5.02. The van der Waals surface area contributed by atoms with E-state index in [0.717, 1.165) is 12.1 Å². The highest BCUT2D eigenvalue weighted by atomic mass is 32.2. The number of alkyl halides is 3. The molecule has 2 aliphatic rings. The van der Waals surface area contributed by atoms with Crippen LogP contribution < -0.4 is 9.64 Å². The van der Waals surface area contributed by atoms with Crippen molar-refractivity contribution in [1.29, 1.82) is 0 Å². The highest BCUT2D eigenvalue weighted by Crippen LogP contribution is 2.40. The zero-order chi connectivity index (χ0) is 27.1. The summed E-state index contributed by atoms with van der Waals surface area (Å²) in [5.74, 6) is -0.697. The van der Waals surface area contributed by atoms with Crippen LogP contribution in [0.15, 0.2) is 53.3 Å². The number of aromatic nitrogens is 1. The van der Waals surface area contributed by atoms with E-state index in [1.165, 1.54) is 48.0 Å². The van der Waals surface area contributed by atoms with Crippen molar-refractivity contribution in [3.63, 3.8) is 0 Å². The van der Waals surface area contributed by atoms with Gasteiger partial charge in [0.15, 0.2) is 0 Å². The number of halogens is 4. The van der Waals surface area contributed by atoms with Crippen LogP contribution in [0.4, 0.5) is 23.2 Å². The number of nitrogens with zero attached hydrogens (tertiary/aromatic N) is 3. The van der Waals surface area contributed by atoms with Crippen LogP contribution >= 0.6 is 0 Å². The Morgan fingerprint density at radius 1 is 1.16 bits per heavy atom. The van der Waals surface area contributed by atoms with Crippen LogP contribution in [0.1, 0.15) is 17.7 Å². The summed E-state index contributed by atoms with van der Waals surface area (Å²) >= 11 is 0. The third-order valence-electron chi connectivity index (χ3n) is 6.85. The van der Waals surface area contributed by atoms with Gasteiger partial charge in [-0.05, 0) is 30.2 Å². The number of benzene rings is 2. The Kier molecular flexibility index (Phi) is 7.09. The molecule has 3 aromatic rings. The summed E-state index contributed by atoms with van der Waals surface area (Å²) in [5.41, 5.74) is -0.0843. The average molecular weight is 556 g/mol. The maximum atomic E-state index is 15.4. The molecule has 2 fully saturated rings. The van der Waals surface area contributed by atoms with E-state index in [1.54, 1.807) is 0 Å². The monoisotopic (exact) mass is 555 g/mol. The molecule has 38 heavy (non-hydrogen) atoms. The molecule has 0 aliphatic carbocycles. The molecule has 1 aromatic heterocycles. The molecule has 0 bridgehead atoms. The van der Waals surface area contributed by atoms with Gasteiger partial charge < -0.3 is 18.9 Å². The molecule has 2 aromatic carbocycles. The molecule has 2 aliphatic heterocycles. The Bertz CT molecular complexity index is 1400. The van der Waals surface area contributed by atoms with E-state index in [-0.39, 0.29) is 42.6 Å². The summed E-state index contributed by atoms with van der Waals surface area (Å²) in [6.45, 7) is 1.03. The Hall–Kier alpha value is -3.16. The predicted molar refractivity (Wildman–Crippen MR) is 130 cm³/mol. The molecular formula is C25H25F4N3O5S. The molecule has 5 rings (SSSR count). The van der Waals surface area contributed by atoms with Gasteiger partial charge in [-0.25, -0.2) is 12.8 Å². The number of anilines is 1. The minimum atomic E-state index is -4.56. The third kappa shape index (κ3) is 5.22. The van der Waals surface area contributed by atoms with E-state index in [1.807, 2.05) is 4.90 Å². The molecule has 13 heteroatoms. The van der Waals surface area contributed by atoms with Gasteiger partial charge in [-0.2, -0.15) is 17.5 Å². The maximum Gasteiger partial charge on any atom is 0.416 e. The molecule has 0 unspecified atom stereocenters. The van der Waals surface area contributed by atoms with Crippen molar-refractivity contribution in [2.24, 2.45) is 0 Å². The lowest BCUT2D eigenvalue weighted by atomic mass is 9.97. The minimum absolute atomic E-state index is 0.0183. The van der Waals surface area contributed by atoms with Crippen LogP contribution in [0.25, 0.3) is 11.1 Å². The quantitative estimate of drug-likeness (QED) is 0.419. The summed E-state index contributed by atoms with van der Waals surface area (Å²) in [4.78, 5) is 1.92. The highest BCUT2D eigenvalue weighted by Gasteiger charge is 2.41. The van der Waals surface area contributed by atoms with Crippen LogP contribution in [0, 0.1) is 5.82 Å². The Morgan fingerprint density at radius 2 is 1.97 bits per heavy atom. The fraction of sp³-hybridized carbons (Fsp3) is 0.400. The van der Waals surface area contributed by atoms with E-state index < -0.39 is 33.7 Å². The zero-order valence-corrected chi connectivity index (χ0v) is 21.1. The second-order valence-electron chi connectivity index (χ2n) is 9.15.